The zero-order chi connectivity index (χ0) is 14.1. The van der Waals surface area contributed by atoms with E-state index in [-0.39, 0.29) is 25.9 Å². The maximum absolute atomic E-state index is 12.6. The second-order valence-electron chi connectivity index (χ2n) is 4.77. The fraction of sp³-hybridized carbons (Fsp3) is 0.583. The molecule has 0 radical (unpaired) electrons. The lowest BCUT2D eigenvalue weighted by Crippen LogP contribution is -2.53. The lowest BCUT2D eigenvalue weighted by molar-refractivity contribution is -0.272. The van der Waals surface area contributed by atoms with Crippen LogP contribution in [-0.4, -0.2) is 39.9 Å². The number of rotatable bonds is 2. The molecule has 19 heavy (non-hydrogen) atoms. The van der Waals surface area contributed by atoms with Gasteiger partial charge in [0.25, 0.3) is 0 Å². The van der Waals surface area contributed by atoms with Crippen LogP contribution in [0.4, 0.5) is 13.2 Å². The second-order valence-corrected chi connectivity index (χ2v) is 5.18. The molecule has 0 amide bonds. The van der Waals surface area contributed by atoms with Crippen LogP contribution in [0.15, 0.2) is 18.5 Å². The number of halogens is 4. The van der Waals surface area contributed by atoms with E-state index in [4.69, 9.17) is 11.6 Å². The highest BCUT2D eigenvalue weighted by Gasteiger charge is 2.54. The summed E-state index contributed by atoms with van der Waals surface area (Å²) in [6.07, 6.45) is -2.07. The van der Waals surface area contributed by atoms with Gasteiger partial charge in [0.15, 0.2) is 5.60 Å². The Labute approximate surface area is 114 Å². The van der Waals surface area contributed by atoms with Crippen molar-refractivity contribution in [2.24, 2.45) is 0 Å². The van der Waals surface area contributed by atoms with Crippen molar-refractivity contribution in [1.82, 2.24) is 9.88 Å². The normalized spacial score (nSPS) is 20.5. The fourth-order valence-electron chi connectivity index (χ4n) is 2.14. The second kappa shape index (κ2) is 5.26. The van der Waals surface area contributed by atoms with Gasteiger partial charge in [-0.25, -0.2) is 0 Å². The first-order valence-electron chi connectivity index (χ1n) is 5.92. The van der Waals surface area contributed by atoms with Crippen LogP contribution in [0.3, 0.4) is 0 Å². The Hall–Kier alpha value is -0.850. The number of hydrogen-bond donors (Lipinski definition) is 1. The quantitative estimate of drug-likeness (QED) is 0.911. The molecule has 1 saturated heterocycles. The van der Waals surface area contributed by atoms with Crippen molar-refractivity contribution >= 4 is 11.6 Å². The zero-order valence-electron chi connectivity index (χ0n) is 10.1. The molecule has 0 spiro atoms. The van der Waals surface area contributed by atoms with E-state index in [9.17, 15) is 18.3 Å². The van der Waals surface area contributed by atoms with Crippen LogP contribution in [0.1, 0.15) is 18.4 Å². The number of hydrogen-bond acceptors (Lipinski definition) is 3. The Bertz CT molecular complexity index is 445. The third kappa shape index (κ3) is 3.19. The molecule has 0 aliphatic carbocycles. The van der Waals surface area contributed by atoms with Crippen molar-refractivity contribution < 1.29 is 18.3 Å². The Morgan fingerprint density at radius 3 is 2.53 bits per heavy atom. The molecule has 1 aromatic rings. The molecule has 0 bridgehead atoms. The molecule has 0 unspecified atom stereocenters. The molecule has 2 rings (SSSR count). The van der Waals surface area contributed by atoms with Gasteiger partial charge in [0.2, 0.25) is 0 Å². The molecular weight excluding hydrogens is 281 g/mol. The van der Waals surface area contributed by atoms with Crippen molar-refractivity contribution in [1.29, 1.82) is 0 Å². The van der Waals surface area contributed by atoms with E-state index in [2.05, 4.69) is 4.98 Å². The van der Waals surface area contributed by atoms with Gasteiger partial charge >= 0.3 is 6.18 Å². The highest BCUT2D eigenvalue weighted by molar-refractivity contribution is 6.31. The molecule has 0 saturated carbocycles. The molecule has 1 fully saturated rings. The van der Waals surface area contributed by atoms with Gasteiger partial charge in [-0.1, -0.05) is 11.6 Å². The van der Waals surface area contributed by atoms with Crippen LogP contribution in [0.2, 0.25) is 5.02 Å². The van der Waals surface area contributed by atoms with E-state index in [1.165, 1.54) is 6.20 Å². The van der Waals surface area contributed by atoms with Crippen LogP contribution in [0, 0.1) is 0 Å². The molecule has 106 valence electrons. The van der Waals surface area contributed by atoms with Crippen molar-refractivity contribution in [2.75, 3.05) is 13.1 Å². The average molecular weight is 295 g/mol. The standard InChI is InChI=1S/C12H14ClF3N2O/c13-10-7-17-4-1-9(10)8-18-5-2-11(19,3-6-18)12(14,15)16/h1,4,7,19H,2-3,5-6,8H2. The Balaban J connectivity index is 1.96. The summed E-state index contributed by atoms with van der Waals surface area (Å²) >= 11 is 5.95. The first-order valence-corrected chi connectivity index (χ1v) is 6.29. The molecule has 3 nitrogen and oxygen atoms in total. The molecule has 0 aromatic carbocycles. The fourth-order valence-corrected chi connectivity index (χ4v) is 2.32. The summed E-state index contributed by atoms with van der Waals surface area (Å²) in [5, 5.41) is 10.1. The first kappa shape index (κ1) is 14.6. The van der Waals surface area contributed by atoms with E-state index >= 15 is 0 Å². The highest BCUT2D eigenvalue weighted by Crippen LogP contribution is 2.38. The number of piperidine rings is 1. The van der Waals surface area contributed by atoms with Crippen LogP contribution in [-0.2, 0) is 6.54 Å². The van der Waals surface area contributed by atoms with Gasteiger partial charge in [-0.05, 0) is 24.5 Å². The SMILES string of the molecule is OC1(C(F)(F)F)CCN(Cc2ccncc2Cl)CC1. The predicted molar refractivity (Wildman–Crippen MR) is 64.8 cm³/mol. The topological polar surface area (TPSA) is 36.4 Å². The minimum absolute atomic E-state index is 0.189. The summed E-state index contributed by atoms with van der Waals surface area (Å²) in [5.74, 6) is 0. The summed E-state index contributed by atoms with van der Waals surface area (Å²) in [7, 11) is 0. The van der Waals surface area contributed by atoms with Crippen molar-refractivity contribution in [2.45, 2.75) is 31.2 Å². The number of likely N-dealkylation sites (tertiary alicyclic amines) is 1. The summed E-state index contributed by atoms with van der Waals surface area (Å²) in [4.78, 5) is 5.70. The Morgan fingerprint density at radius 2 is 2.00 bits per heavy atom. The third-order valence-electron chi connectivity index (χ3n) is 3.46. The summed E-state index contributed by atoms with van der Waals surface area (Å²) in [5.41, 5.74) is -1.72. The molecule has 1 N–H and O–H groups in total. The molecule has 0 atom stereocenters. The van der Waals surface area contributed by atoms with E-state index in [1.54, 1.807) is 12.3 Å². The number of alkyl halides is 3. The lowest BCUT2D eigenvalue weighted by atomic mass is 9.90. The van der Waals surface area contributed by atoms with Gasteiger partial charge in [0.1, 0.15) is 0 Å². The molecule has 2 heterocycles. The van der Waals surface area contributed by atoms with Crippen LogP contribution >= 0.6 is 11.6 Å². The smallest absolute Gasteiger partial charge is 0.380 e. The van der Waals surface area contributed by atoms with Gasteiger partial charge < -0.3 is 5.11 Å². The predicted octanol–water partition coefficient (Wildman–Crippen LogP) is 2.62. The molecule has 1 aliphatic heterocycles. The maximum Gasteiger partial charge on any atom is 0.417 e. The number of aliphatic hydroxyl groups is 1. The van der Waals surface area contributed by atoms with Gasteiger partial charge in [-0.3, -0.25) is 9.88 Å². The number of nitrogens with zero attached hydrogens (tertiary/aromatic N) is 2. The summed E-state index contributed by atoms with van der Waals surface area (Å²) < 4.78 is 37.9. The first-order chi connectivity index (χ1) is 8.82. The Kier molecular flexibility index (Phi) is 4.03. The van der Waals surface area contributed by atoms with E-state index < -0.39 is 11.8 Å². The van der Waals surface area contributed by atoms with Crippen molar-refractivity contribution in [3.05, 3.63) is 29.0 Å². The highest BCUT2D eigenvalue weighted by atomic mass is 35.5. The van der Waals surface area contributed by atoms with Crippen LogP contribution in [0.25, 0.3) is 0 Å². The zero-order valence-corrected chi connectivity index (χ0v) is 10.9. The van der Waals surface area contributed by atoms with Gasteiger partial charge in [0.05, 0.1) is 5.02 Å². The van der Waals surface area contributed by atoms with Gasteiger partial charge in [-0.15, -0.1) is 0 Å². The van der Waals surface area contributed by atoms with Gasteiger partial charge in [-0.2, -0.15) is 13.2 Å². The van der Waals surface area contributed by atoms with Crippen LogP contribution in [0.5, 0.6) is 0 Å². The average Bonchev–Trinajstić information content (AvgIpc) is 2.34. The van der Waals surface area contributed by atoms with E-state index in [1.807, 2.05) is 4.90 Å². The summed E-state index contributed by atoms with van der Waals surface area (Å²) in [6, 6.07) is 1.74. The number of pyridine rings is 1. The Morgan fingerprint density at radius 1 is 1.37 bits per heavy atom. The minimum Gasteiger partial charge on any atom is -0.380 e. The van der Waals surface area contributed by atoms with Gasteiger partial charge in [0, 0.05) is 32.0 Å². The van der Waals surface area contributed by atoms with Crippen molar-refractivity contribution in [3.63, 3.8) is 0 Å². The van der Waals surface area contributed by atoms with Crippen molar-refractivity contribution in [3.8, 4) is 0 Å². The van der Waals surface area contributed by atoms with Crippen LogP contribution < -0.4 is 0 Å². The lowest BCUT2D eigenvalue weighted by Gasteiger charge is -2.39. The third-order valence-corrected chi connectivity index (χ3v) is 3.80. The molecule has 1 aliphatic rings. The largest absolute Gasteiger partial charge is 0.417 e. The minimum atomic E-state index is -4.56. The number of aromatic nitrogens is 1. The molecule has 7 heteroatoms. The summed E-state index contributed by atoms with van der Waals surface area (Å²) in [6.45, 7) is 0.846. The maximum atomic E-state index is 12.6. The van der Waals surface area contributed by atoms with E-state index in [0.717, 1.165) is 5.56 Å². The monoisotopic (exact) mass is 294 g/mol. The van der Waals surface area contributed by atoms with E-state index in [0.29, 0.717) is 11.6 Å². The molecule has 1 aromatic heterocycles. The molecular formula is C12H14ClF3N2O.